The van der Waals surface area contributed by atoms with Crippen LogP contribution in [-0.2, 0) is 14.3 Å². The van der Waals surface area contributed by atoms with E-state index in [4.69, 9.17) is 9.47 Å². The molecule has 2 heterocycles. The molecule has 114 valence electrons. The van der Waals surface area contributed by atoms with Crippen LogP contribution in [0.1, 0.15) is 53.4 Å². The number of fused-ring (bicyclic) bond motifs is 2. The zero-order valence-electron chi connectivity index (χ0n) is 12.8. The van der Waals surface area contributed by atoms with Crippen molar-refractivity contribution in [3.8, 4) is 0 Å². The van der Waals surface area contributed by atoms with Crippen molar-refractivity contribution in [2.24, 2.45) is 5.92 Å². The number of carbonyl (C=O) groups excluding carboxylic acids is 2. The van der Waals surface area contributed by atoms with Gasteiger partial charge in [0.1, 0.15) is 5.60 Å². The SMILES string of the molecule is CCOC(=O)CC1C[C@H]2CC[C@@H]1N2C(=O)OC(C)(C)C. The van der Waals surface area contributed by atoms with Crippen LogP contribution >= 0.6 is 0 Å². The number of nitrogens with zero attached hydrogens (tertiary/aromatic N) is 1. The number of rotatable bonds is 3. The molecule has 0 radical (unpaired) electrons. The molecule has 1 amide bonds. The van der Waals surface area contributed by atoms with E-state index in [0.29, 0.717) is 13.0 Å². The van der Waals surface area contributed by atoms with Gasteiger partial charge in [-0.2, -0.15) is 0 Å². The topological polar surface area (TPSA) is 55.8 Å². The fraction of sp³-hybridized carbons (Fsp3) is 0.867. The van der Waals surface area contributed by atoms with E-state index in [-0.39, 0.29) is 30.1 Å². The van der Waals surface area contributed by atoms with Crippen molar-refractivity contribution in [3.05, 3.63) is 0 Å². The summed E-state index contributed by atoms with van der Waals surface area (Å²) in [7, 11) is 0. The molecule has 0 aliphatic carbocycles. The lowest BCUT2D eigenvalue weighted by molar-refractivity contribution is -0.144. The second kappa shape index (κ2) is 5.62. The quantitative estimate of drug-likeness (QED) is 0.747. The first-order chi connectivity index (χ1) is 9.31. The van der Waals surface area contributed by atoms with Gasteiger partial charge in [-0.15, -0.1) is 0 Å². The van der Waals surface area contributed by atoms with Crippen molar-refractivity contribution in [2.75, 3.05) is 6.61 Å². The van der Waals surface area contributed by atoms with Crippen LogP contribution in [0.5, 0.6) is 0 Å². The van der Waals surface area contributed by atoms with Crippen molar-refractivity contribution in [1.29, 1.82) is 0 Å². The number of hydrogen-bond donors (Lipinski definition) is 0. The molecule has 5 nitrogen and oxygen atoms in total. The molecule has 1 unspecified atom stereocenters. The Hall–Kier alpha value is -1.26. The van der Waals surface area contributed by atoms with Gasteiger partial charge in [0.2, 0.25) is 0 Å². The Morgan fingerprint density at radius 2 is 1.95 bits per heavy atom. The third kappa shape index (κ3) is 3.25. The van der Waals surface area contributed by atoms with Gasteiger partial charge in [-0.3, -0.25) is 4.79 Å². The Balaban J connectivity index is 1.97. The monoisotopic (exact) mass is 283 g/mol. The second-order valence-electron chi connectivity index (χ2n) is 6.69. The van der Waals surface area contributed by atoms with E-state index in [9.17, 15) is 9.59 Å². The highest BCUT2D eigenvalue weighted by molar-refractivity contribution is 5.72. The first-order valence-corrected chi connectivity index (χ1v) is 7.48. The van der Waals surface area contributed by atoms with Crippen LogP contribution in [0, 0.1) is 5.92 Å². The Morgan fingerprint density at radius 3 is 2.55 bits per heavy atom. The molecule has 2 rings (SSSR count). The summed E-state index contributed by atoms with van der Waals surface area (Å²) >= 11 is 0. The lowest BCUT2D eigenvalue weighted by atomic mass is 9.87. The molecule has 2 bridgehead atoms. The van der Waals surface area contributed by atoms with Crippen molar-refractivity contribution in [1.82, 2.24) is 4.90 Å². The normalized spacial score (nSPS) is 28.6. The average Bonchev–Trinajstić information content (AvgIpc) is 2.83. The summed E-state index contributed by atoms with van der Waals surface area (Å²) in [6, 6.07) is 0.369. The van der Waals surface area contributed by atoms with Crippen molar-refractivity contribution >= 4 is 12.1 Å². The lowest BCUT2D eigenvalue weighted by Gasteiger charge is -2.28. The van der Waals surface area contributed by atoms with Gasteiger partial charge in [-0.05, 0) is 52.9 Å². The number of esters is 1. The Bertz CT molecular complexity index is 388. The second-order valence-corrected chi connectivity index (χ2v) is 6.69. The summed E-state index contributed by atoms with van der Waals surface area (Å²) in [5.41, 5.74) is -0.476. The molecule has 0 N–H and O–H groups in total. The smallest absolute Gasteiger partial charge is 0.410 e. The predicted octanol–water partition coefficient (Wildman–Crippen LogP) is 2.73. The van der Waals surface area contributed by atoms with E-state index in [1.807, 2.05) is 32.6 Å². The van der Waals surface area contributed by atoms with E-state index >= 15 is 0 Å². The van der Waals surface area contributed by atoms with Gasteiger partial charge >= 0.3 is 12.1 Å². The summed E-state index contributed by atoms with van der Waals surface area (Å²) < 4.78 is 10.5. The minimum atomic E-state index is -0.476. The van der Waals surface area contributed by atoms with E-state index in [1.165, 1.54) is 0 Å². The molecule has 0 aromatic heterocycles. The van der Waals surface area contributed by atoms with Gasteiger partial charge in [0.05, 0.1) is 13.0 Å². The molecular weight excluding hydrogens is 258 g/mol. The standard InChI is InChI=1S/C15H25NO4/c1-5-19-13(17)9-10-8-11-6-7-12(10)16(11)14(18)20-15(2,3)4/h10-12H,5-9H2,1-4H3/t10?,11-,12+/m1/s1. The van der Waals surface area contributed by atoms with Crippen LogP contribution in [0.25, 0.3) is 0 Å². The van der Waals surface area contributed by atoms with Crippen molar-refractivity contribution in [3.63, 3.8) is 0 Å². The summed E-state index contributed by atoms with van der Waals surface area (Å²) in [4.78, 5) is 25.7. The summed E-state index contributed by atoms with van der Waals surface area (Å²) in [5.74, 6) is 0.0644. The zero-order chi connectivity index (χ0) is 14.9. The zero-order valence-corrected chi connectivity index (χ0v) is 12.8. The minimum absolute atomic E-state index is 0.138. The first-order valence-electron chi connectivity index (χ1n) is 7.48. The molecule has 0 aromatic carbocycles. The first kappa shape index (κ1) is 15.1. The summed E-state index contributed by atoms with van der Waals surface area (Å²) in [6.07, 6.45) is 3.05. The van der Waals surface area contributed by atoms with Gasteiger partial charge in [0.15, 0.2) is 0 Å². The highest BCUT2D eigenvalue weighted by Crippen LogP contribution is 2.43. The highest BCUT2D eigenvalue weighted by atomic mass is 16.6. The fourth-order valence-corrected chi connectivity index (χ4v) is 3.37. The van der Waals surface area contributed by atoms with Gasteiger partial charge < -0.3 is 14.4 Å². The van der Waals surface area contributed by atoms with Crippen LogP contribution in [0.15, 0.2) is 0 Å². The van der Waals surface area contributed by atoms with Crippen LogP contribution in [0.4, 0.5) is 4.79 Å². The van der Waals surface area contributed by atoms with Gasteiger partial charge in [-0.25, -0.2) is 4.79 Å². The van der Waals surface area contributed by atoms with E-state index in [0.717, 1.165) is 19.3 Å². The minimum Gasteiger partial charge on any atom is -0.466 e. The molecule has 2 aliphatic heterocycles. The van der Waals surface area contributed by atoms with Gasteiger partial charge in [0.25, 0.3) is 0 Å². The summed E-state index contributed by atoms with van der Waals surface area (Å²) in [6.45, 7) is 7.85. The van der Waals surface area contributed by atoms with Crippen molar-refractivity contribution in [2.45, 2.75) is 71.1 Å². The highest BCUT2D eigenvalue weighted by Gasteiger charge is 2.50. The average molecular weight is 283 g/mol. The summed E-state index contributed by atoms with van der Waals surface area (Å²) in [5, 5.41) is 0. The Labute approximate surface area is 120 Å². The lowest BCUT2D eigenvalue weighted by Crippen LogP contribution is -2.40. The fourth-order valence-electron chi connectivity index (χ4n) is 3.37. The van der Waals surface area contributed by atoms with Crippen LogP contribution < -0.4 is 0 Å². The molecule has 2 fully saturated rings. The molecule has 0 spiro atoms. The Kier molecular flexibility index (Phi) is 4.25. The molecule has 0 saturated carbocycles. The maximum absolute atomic E-state index is 12.3. The number of hydrogen-bond acceptors (Lipinski definition) is 4. The molecule has 5 heteroatoms. The van der Waals surface area contributed by atoms with E-state index < -0.39 is 5.60 Å². The van der Waals surface area contributed by atoms with Crippen LogP contribution in [0.2, 0.25) is 0 Å². The predicted molar refractivity (Wildman–Crippen MR) is 74.2 cm³/mol. The third-order valence-corrected chi connectivity index (χ3v) is 4.00. The Morgan fingerprint density at radius 1 is 1.25 bits per heavy atom. The molecule has 0 aromatic rings. The third-order valence-electron chi connectivity index (χ3n) is 4.00. The molecular formula is C15H25NO4. The molecule has 2 aliphatic rings. The van der Waals surface area contributed by atoms with Crippen LogP contribution in [0.3, 0.4) is 0 Å². The van der Waals surface area contributed by atoms with Gasteiger partial charge in [-0.1, -0.05) is 0 Å². The van der Waals surface area contributed by atoms with E-state index in [2.05, 4.69) is 0 Å². The number of carbonyl (C=O) groups is 2. The maximum atomic E-state index is 12.3. The largest absolute Gasteiger partial charge is 0.466 e. The van der Waals surface area contributed by atoms with Gasteiger partial charge in [0, 0.05) is 12.1 Å². The van der Waals surface area contributed by atoms with Crippen LogP contribution in [-0.4, -0.2) is 41.3 Å². The van der Waals surface area contributed by atoms with E-state index in [1.54, 1.807) is 0 Å². The molecule has 20 heavy (non-hydrogen) atoms. The number of amides is 1. The number of ether oxygens (including phenoxy) is 2. The molecule has 2 saturated heterocycles. The molecule has 3 atom stereocenters. The van der Waals surface area contributed by atoms with Crippen molar-refractivity contribution < 1.29 is 19.1 Å². The maximum Gasteiger partial charge on any atom is 0.410 e.